The van der Waals surface area contributed by atoms with Crippen LogP contribution in [0.2, 0.25) is 0 Å². The third kappa shape index (κ3) is 2.50. The summed E-state index contributed by atoms with van der Waals surface area (Å²) in [5, 5.41) is 0.884. The Hall–Kier alpha value is -1.62. The van der Waals surface area contributed by atoms with E-state index in [9.17, 15) is 4.79 Å². The zero-order chi connectivity index (χ0) is 14.9. The lowest BCUT2D eigenvalue weighted by Crippen LogP contribution is -2.30. The molecule has 4 nitrogen and oxygen atoms in total. The van der Waals surface area contributed by atoms with Gasteiger partial charge in [-0.2, -0.15) is 0 Å². The maximum atomic E-state index is 12.4. The fourth-order valence-electron chi connectivity index (χ4n) is 2.15. The Kier molecular flexibility index (Phi) is 4.28. The van der Waals surface area contributed by atoms with E-state index in [-0.39, 0.29) is 5.91 Å². The normalized spacial score (nSPS) is 11.2. The lowest BCUT2D eigenvalue weighted by Gasteiger charge is -2.17. The maximum Gasteiger partial charge on any atom is 0.266 e. The lowest BCUT2D eigenvalue weighted by atomic mass is 10.1. The van der Waals surface area contributed by atoms with E-state index >= 15 is 0 Å². The SMILES string of the molecule is CCN(CC)C(=O)c1sc2nc(C(C)C)ccc2c1N. The number of nitrogens with zero attached hydrogens (tertiary/aromatic N) is 2. The summed E-state index contributed by atoms with van der Waals surface area (Å²) in [5.74, 6) is 0.367. The van der Waals surface area contributed by atoms with Gasteiger partial charge in [0.25, 0.3) is 5.91 Å². The minimum atomic E-state index is 0.00148. The van der Waals surface area contributed by atoms with Crippen LogP contribution in [-0.2, 0) is 0 Å². The molecule has 0 fully saturated rings. The molecule has 2 N–H and O–H groups in total. The van der Waals surface area contributed by atoms with Crippen molar-refractivity contribution in [2.45, 2.75) is 33.6 Å². The van der Waals surface area contributed by atoms with Crippen LogP contribution in [0.1, 0.15) is 49.0 Å². The van der Waals surface area contributed by atoms with E-state index in [1.165, 1.54) is 11.3 Å². The molecule has 0 spiro atoms. The van der Waals surface area contributed by atoms with Gasteiger partial charge in [0.2, 0.25) is 0 Å². The van der Waals surface area contributed by atoms with Crippen molar-refractivity contribution in [3.05, 3.63) is 22.7 Å². The topological polar surface area (TPSA) is 59.2 Å². The van der Waals surface area contributed by atoms with Crippen molar-refractivity contribution in [3.63, 3.8) is 0 Å². The van der Waals surface area contributed by atoms with E-state index in [0.717, 1.165) is 15.9 Å². The number of thiophene rings is 1. The van der Waals surface area contributed by atoms with E-state index in [0.29, 0.717) is 29.6 Å². The van der Waals surface area contributed by atoms with Gasteiger partial charge in [-0.1, -0.05) is 13.8 Å². The summed E-state index contributed by atoms with van der Waals surface area (Å²) in [5.41, 5.74) is 7.72. The average molecular weight is 291 g/mol. The van der Waals surface area contributed by atoms with Gasteiger partial charge in [0.15, 0.2) is 0 Å². The minimum Gasteiger partial charge on any atom is -0.397 e. The smallest absolute Gasteiger partial charge is 0.266 e. The first-order chi connectivity index (χ1) is 9.49. The third-order valence-electron chi connectivity index (χ3n) is 3.45. The molecule has 20 heavy (non-hydrogen) atoms. The summed E-state index contributed by atoms with van der Waals surface area (Å²) in [6, 6.07) is 3.96. The number of fused-ring (bicyclic) bond motifs is 1. The van der Waals surface area contributed by atoms with Crippen molar-refractivity contribution in [2.75, 3.05) is 18.8 Å². The zero-order valence-corrected chi connectivity index (χ0v) is 13.3. The van der Waals surface area contributed by atoms with Crippen LogP contribution in [0, 0.1) is 0 Å². The van der Waals surface area contributed by atoms with E-state index in [2.05, 4.69) is 18.8 Å². The molecule has 5 heteroatoms. The van der Waals surface area contributed by atoms with Gasteiger partial charge in [-0.05, 0) is 31.9 Å². The fraction of sp³-hybridized carbons (Fsp3) is 0.467. The second-order valence-corrected chi connectivity index (χ2v) is 6.06. The second kappa shape index (κ2) is 5.79. The van der Waals surface area contributed by atoms with Gasteiger partial charge in [-0.25, -0.2) is 4.98 Å². The van der Waals surface area contributed by atoms with Crippen LogP contribution >= 0.6 is 11.3 Å². The van der Waals surface area contributed by atoms with Crippen LogP contribution in [0.4, 0.5) is 5.69 Å². The maximum absolute atomic E-state index is 12.4. The van der Waals surface area contributed by atoms with Crippen molar-refractivity contribution in [1.82, 2.24) is 9.88 Å². The molecule has 2 rings (SSSR count). The molecule has 0 atom stereocenters. The van der Waals surface area contributed by atoms with E-state index in [4.69, 9.17) is 5.73 Å². The first-order valence-corrected chi connectivity index (χ1v) is 7.79. The predicted molar refractivity (Wildman–Crippen MR) is 85.4 cm³/mol. The highest BCUT2D eigenvalue weighted by Crippen LogP contribution is 2.34. The van der Waals surface area contributed by atoms with E-state index in [1.807, 2.05) is 26.0 Å². The molecular formula is C15H21N3OS. The monoisotopic (exact) mass is 291 g/mol. The summed E-state index contributed by atoms with van der Waals surface area (Å²) in [4.78, 5) is 20.3. The summed E-state index contributed by atoms with van der Waals surface area (Å²) < 4.78 is 0. The van der Waals surface area contributed by atoms with Crippen LogP contribution in [0.5, 0.6) is 0 Å². The molecule has 0 bridgehead atoms. The highest BCUT2D eigenvalue weighted by Gasteiger charge is 2.21. The van der Waals surface area contributed by atoms with Gasteiger partial charge in [-0.15, -0.1) is 11.3 Å². The fourth-order valence-corrected chi connectivity index (χ4v) is 3.22. The van der Waals surface area contributed by atoms with Crippen molar-refractivity contribution in [3.8, 4) is 0 Å². The van der Waals surface area contributed by atoms with Crippen LogP contribution in [0.15, 0.2) is 12.1 Å². The van der Waals surface area contributed by atoms with Crippen LogP contribution in [0.3, 0.4) is 0 Å². The zero-order valence-electron chi connectivity index (χ0n) is 12.4. The van der Waals surface area contributed by atoms with E-state index in [1.54, 1.807) is 4.90 Å². The third-order valence-corrected chi connectivity index (χ3v) is 4.55. The number of anilines is 1. The number of carbonyl (C=O) groups is 1. The molecule has 2 aromatic heterocycles. The summed E-state index contributed by atoms with van der Waals surface area (Å²) in [7, 11) is 0. The quantitative estimate of drug-likeness (QED) is 0.938. The van der Waals surface area contributed by atoms with Gasteiger partial charge < -0.3 is 10.6 Å². The number of rotatable bonds is 4. The molecule has 0 aliphatic rings. The molecule has 0 aliphatic carbocycles. The number of aromatic nitrogens is 1. The Morgan fingerprint density at radius 2 is 2.00 bits per heavy atom. The van der Waals surface area contributed by atoms with Crippen LogP contribution in [-0.4, -0.2) is 28.9 Å². The number of pyridine rings is 1. The molecule has 0 saturated carbocycles. The van der Waals surface area contributed by atoms with Crippen LogP contribution in [0.25, 0.3) is 10.2 Å². The van der Waals surface area contributed by atoms with Gasteiger partial charge in [0, 0.05) is 24.2 Å². The Morgan fingerprint density at radius 1 is 1.35 bits per heavy atom. The molecule has 0 unspecified atom stereocenters. The molecule has 1 amide bonds. The van der Waals surface area contributed by atoms with Crippen molar-refractivity contribution < 1.29 is 4.79 Å². The number of hydrogen-bond acceptors (Lipinski definition) is 4. The Morgan fingerprint density at radius 3 is 2.55 bits per heavy atom. The summed E-state index contributed by atoms with van der Waals surface area (Å²) >= 11 is 1.40. The number of hydrogen-bond donors (Lipinski definition) is 1. The Balaban J connectivity index is 2.50. The van der Waals surface area contributed by atoms with Gasteiger partial charge in [0.1, 0.15) is 9.71 Å². The second-order valence-electron chi connectivity index (χ2n) is 5.07. The molecule has 108 valence electrons. The van der Waals surface area contributed by atoms with Crippen molar-refractivity contribution in [1.29, 1.82) is 0 Å². The molecular weight excluding hydrogens is 270 g/mol. The van der Waals surface area contributed by atoms with Crippen molar-refractivity contribution in [2.24, 2.45) is 0 Å². The molecule has 2 aromatic rings. The summed E-state index contributed by atoms with van der Waals surface area (Å²) in [6.07, 6.45) is 0. The average Bonchev–Trinajstić information content (AvgIpc) is 2.76. The Bertz CT molecular complexity index is 629. The van der Waals surface area contributed by atoms with Crippen molar-refractivity contribution >= 4 is 33.1 Å². The largest absolute Gasteiger partial charge is 0.397 e. The number of amides is 1. The molecule has 0 saturated heterocycles. The molecule has 0 aromatic carbocycles. The lowest BCUT2D eigenvalue weighted by molar-refractivity contribution is 0.0779. The van der Waals surface area contributed by atoms with E-state index < -0.39 is 0 Å². The molecule has 2 heterocycles. The summed E-state index contributed by atoms with van der Waals surface area (Å²) in [6.45, 7) is 9.53. The predicted octanol–water partition coefficient (Wildman–Crippen LogP) is 3.48. The van der Waals surface area contributed by atoms with Crippen LogP contribution < -0.4 is 5.73 Å². The molecule has 0 aliphatic heterocycles. The number of nitrogen functional groups attached to an aromatic ring is 1. The first kappa shape index (κ1) is 14.8. The Labute approximate surface area is 123 Å². The van der Waals surface area contributed by atoms with Gasteiger partial charge in [-0.3, -0.25) is 4.79 Å². The number of nitrogens with two attached hydrogens (primary N) is 1. The standard InChI is InChI=1S/C15H21N3OS/c1-5-18(6-2)15(19)13-12(16)10-7-8-11(9(3)4)17-14(10)20-13/h7-9H,5-6,16H2,1-4H3. The highest BCUT2D eigenvalue weighted by atomic mass is 32.1. The minimum absolute atomic E-state index is 0.00148. The first-order valence-electron chi connectivity index (χ1n) is 6.97. The molecule has 0 radical (unpaired) electrons. The van der Waals surface area contributed by atoms with Gasteiger partial charge in [0.05, 0.1) is 5.69 Å². The highest BCUT2D eigenvalue weighted by molar-refractivity contribution is 7.21. The van der Waals surface area contributed by atoms with Gasteiger partial charge >= 0.3 is 0 Å². The number of carbonyl (C=O) groups excluding carboxylic acids is 1.